The van der Waals surface area contributed by atoms with Crippen molar-refractivity contribution in [2.75, 3.05) is 17.2 Å². The van der Waals surface area contributed by atoms with Gasteiger partial charge in [-0.1, -0.05) is 29.8 Å². The van der Waals surface area contributed by atoms with E-state index in [1.807, 2.05) is 19.1 Å². The molecule has 0 radical (unpaired) electrons. The van der Waals surface area contributed by atoms with Crippen LogP contribution in [0, 0.1) is 6.92 Å². The quantitative estimate of drug-likeness (QED) is 0.281. The molecular weight excluding hydrogens is 444 g/mol. The van der Waals surface area contributed by atoms with Gasteiger partial charge in [0.05, 0.1) is 6.21 Å². The molecule has 3 N–H and O–H groups in total. The van der Waals surface area contributed by atoms with E-state index in [-0.39, 0.29) is 12.5 Å². The zero-order chi connectivity index (χ0) is 23.6. The third-order valence-corrected chi connectivity index (χ3v) is 4.61. The lowest BCUT2D eigenvalue weighted by Crippen LogP contribution is -2.32. The topological polar surface area (TPSA) is 109 Å². The normalized spacial score (nSPS) is 10.5. The van der Waals surface area contributed by atoms with Crippen molar-refractivity contribution in [2.24, 2.45) is 5.10 Å². The molecule has 168 valence electrons. The number of rotatable bonds is 7. The molecule has 0 heterocycles. The number of hydrogen-bond acceptors (Lipinski definition) is 5. The first-order valence-electron chi connectivity index (χ1n) is 9.89. The fourth-order valence-electron chi connectivity index (χ4n) is 2.64. The van der Waals surface area contributed by atoms with Gasteiger partial charge in [0.25, 0.3) is 5.91 Å². The van der Waals surface area contributed by atoms with Crippen molar-refractivity contribution >= 4 is 46.9 Å². The fourth-order valence-corrected chi connectivity index (χ4v) is 2.76. The fraction of sp³-hybridized carbons (Fsp3) is 0.0833. The highest BCUT2D eigenvalue weighted by Crippen LogP contribution is 2.15. The lowest BCUT2D eigenvalue weighted by Gasteiger charge is -2.08. The summed E-state index contributed by atoms with van der Waals surface area (Å²) in [6.45, 7) is 1.66. The van der Waals surface area contributed by atoms with E-state index >= 15 is 0 Å². The second-order valence-electron chi connectivity index (χ2n) is 6.88. The van der Waals surface area contributed by atoms with Crippen molar-refractivity contribution in [3.05, 3.63) is 88.9 Å². The number of hydrazone groups is 1. The highest BCUT2D eigenvalue weighted by Gasteiger charge is 2.13. The van der Waals surface area contributed by atoms with E-state index in [4.69, 9.17) is 16.3 Å². The van der Waals surface area contributed by atoms with Crippen LogP contribution in [0.2, 0.25) is 5.02 Å². The SMILES string of the molecule is Cc1ccccc1NC(=O)C(=O)N/N=C\c1ccc(OCC(=O)Nc2ccc(Cl)cc2)cc1. The molecule has 9 heteroatoms. The van der Waals surface area contributed by atoms with Crippen molar-refractivity contribution in [1.82, 2.24) is 5.43 Å². The van der Waals surface area contributed by atoms with Gasteiger partial charge >= 0.3 is 11.8 Å². The first-order chi connectivity index (χ1) is 15.9. The van der Waals surface area contributed by atoms with Crippen molar-refractivity contribution in [2.45, 2.75) is 6.92 Å². The maximum absolute atomic E-state index is 12.0. The van der Waals surface area contributed by atoms with Gasteiger partial charge in [0.1, 0.15) is 5.75 Å². The van der Waals surface area contributed by atoms with E-state index in [9.17, 15) is 14.4 Å². The summed E-state index contributed by atoms with van der Waals surface area (Å²) in [7, 11) is 0. The second-order valence-corrected chi connectivity index (χ2v) is 7.32. The summed E-state index contributed by atoms with van der Waals surface area (Å²) in [5.41, 5.74) is 4.85. The molecule has 0 aliphatic carbocycles. The zero-order valence-electron chi connectivity index (χ0n) is 17.7. The number of ether oxygens (including phenoxy) is 1. The maximum atomic E-state index is 12.0. The molecule has 0 aliphatic heterocycles. The lowest BCUT2D eigenvalue weighted by atomic mass is 10.2. The number of benzene rings is 3. The first kappa shape index (κ1) is 23.5. The predicted octanol–water partition coefficient (Wildman–Crippen LogP) is 3.75. The molecule has 0 bridgehead atoms. The van der Waals surface area contributed by atoms with Gasteiger partial charge in [-0.3, -0.25) is 14.4 Å². The minimum Gasteiger partial charge on any atom is -0.484 e. The molecule has 3 amide bonds. The minimum absolute atomic E-state index is 0.165. The molecule has 3 aromatic carbocycles. The predicted molar refractivity (Wildman–Crippen MR) is 128 cm³/mol. The number of para-hydroxylation sites is 1. The highest BCUT2D eigenvalue weighted by molar-refractivity contribution is 6.39. The third kappa shape index (κ3) is 7.48. The maximum Gasteiger partial charge on any atom is 0.329 e. The summed E-state index contributed by atoms with van der Waals surface area (Å²) < 4.78 is 5.45. The average Bonchev–Trinajstić information content (AvgIpc) is 2.81. The molecule has 0 saturated carbocycles. The Labute approximate surface area is 195 Å². The molecule has 8 nitrogen and oxygen atoms in total. The van der Waals surface area contributed by atoms with Crippen LogP contribution in [0.4, 0.5) is 11.4 Å². The number of hydrogen-bond donors (Lipinski definition) is 3. The van der Waals surface area contributed by atoms with E-state index in [1.165, 1.54) is 6.21 Å². The van der Waals surface area contributed by atoms with Gasteiger partial charge in [-0.25, -0.2) is 5.43 Å². The van der Waals surface area contributed by atoms with Gasteiger partial charge in [0.15, 0.2) is 6.61 Å². The Morgan fingerprint density at radius 1 is 0.909 bits per heavy atom. The molecular formula is C24H21ClN4O4. The standard InChI is InChI=1S/C24H21ClN4O4/c1-16-4-2-3-5-21(16)28-23(31)24(32)29-26-14-17-6-12-20(13-7-17)33-15-22(30)27-19-10-8-18(25)9-11-19/h2-14H,15H2,1H3,(H,27,30)(H,28,31)(H,29,32)/b26-14-. The van der Waals surface area contributed by atoms with Gasteiger partial charge in [-0.2, -0.15) is 5.10 Å². The van der Waals surface area contributed by atoms with Crippen molar-refractivity contribution < 1.29 is 19.1 Å². The summed E-state index contributed by atoms with van der Waals surface area (Å²) in [5, 5.41) is 9.59. The molecule has 3 aromatic rings. The van der Waals surface area contributed by atoms with Crippen LogP contribution in [-0.4, -0.2) is 30.5 Å². The van der Waals surface area contributed by atoms with Crippen LogP contribution in [0.25, 0.3) is 0 Å². The van der Waals surface area contributed by atoms with Crippen molar-refractivity contribution in [3.8, 4) is 5.75 Å². The van der Waals surface area contributed by atoms with Crippen molar-refractivity contribution in [3.63, 3.8) is 0 Å². The van der Waals surface area contributed by atoms with E-state index in [2.05, 4.69) is 21.2 Å². The lowest BCUT2D eigenvalue weighted by molar-refractivity contribution is -0.136. The van der Waals surface area contributed by atoms with Crippen LogP contribution >= 0.6 is 11.6 Å². The molecule has 0 aliphatic rings. The number of carbonyl (C=O) groups is 3. The summed E-state index contributed by atoms with van der Waals surface area (Å²) in [6, 6.07) is 20.6. The Morgan fingerprint density at radius 3 is 2.30 bits per heavy atom. The van der Waals surface area contributed by atoms with Gasteiger partial charge < -0.3 is 15.4 Å². The third-order valence-electron chi connectivity index (χ3n) is 4.36. The van der Waals surface area contributed by atoms with E-state index in [1.54, 1.807) is 60.7 Å². The summed E-state index contributed by atoms with van der Waals surface area (Å²) >= 11 is 5.81. The molecule has 0 saturated heterocycles. The molecule has 0 atom stereocenters. The molecule has 0 spiro atoms. The Hall–Kier alpha value is -4.17. The van der Waals surface area contributed by atoms with E-state index in [0.717, 1.165) is 5.56 Å². The monoisotopic (exact) mass is 464 g/mol. The summed E-state index contributed by atoms with van der Waals surface area (Å²) in [5.74, 6) is -1.53. The van der Waals surface area contributed by atoms with Gasteiger partial charge in [-0.15, -0.1) is 0 Å². The Kier molecular flexibility index (Phi) is 8.15. The molecule has 0 unspecified atom stereocenters. The number of amides is 3. The number of nitrogens with one attached hydrogen (secondary N) is 3. The van der Waals surface area contributed by atoms with Crippen molar-refractivity contribution in [1.29, 1.82) is 0 Å². The van der Waals surface area contributed by atoms with E-state index in [0.29, 0.717) is 27.7 Å². The number of halogens is 1. The first-order valence-corrected chi connectivity index (χ1v) is 10.3. The number of anilines is 2. The Balaban J connectivity index is 1.43. The van der Waals surface area contributed by atoms with Crippen LogP contribution in [0.1, 0.15) is 11.1 Å². The van der Waals surface area contributed by atoms with Crippen LogP contribution in [0.15, 0.2) is 77.9 Å². The molecule has 33 heavy (non-hydrogen) atoms. The van der Waals surface area contributed by atoms with Crippen LogP contribution in [-0.2, 0) is 14.4 Å². The van der Waals surface area contributed by atoms with Crippen LogP contribution < -0.4 is 20.8 Å². The number of carbonyl (C=O) groups excluding carboxylic acids is 3. The highest BCUT2D eigenvalue weighted by atomic mass is 35.5. The summed E-state index contributed by atoms with van der Waals surface area (Å²) in [4.78, 5) is 35.8. The average molecular weight is 465 g/mol. The second kappa shape index (κ2) is 11.4. The number of aryl methyl sites for hydroxylation is 1. The van der Waals surface area contributed by atoms with Gasteiger partial charge in [0.2, 0.25) is 0 Å². The number of nitrogens with zero attached hydrogens (tertiary/aromatic N) is 1. The van der Waals surface area contributed by atoms with Crippen LogP contribution in [0.5, 0.6) is 5.75 Å². The van der Waals surface area contributed by atoms with E-state index < -0.39 is 11.8 Å². The van der Waals surface area contributed by atoms with Gasteiger partial charge in [-0.05, 0) is 72.6 Å². The largest absolute Gasteiger partial charge is 0.484 e. The zero-order valence-corrected chi connectivity index (χ0v) is 18.4. The molecule has 0 aromatic heterocycles. The molecule has 0 fully saturated rings. The van der Waals surface area contributed by atoms with Gasteiger partial charge in [0, 0.05) is 16.4 Å². The Bertz CT molecular complexity index is 1160. The summed E-state index contributed by atoms with van der Waals surface area (Å²) in [6.07, 6.45) is 1.38. The molecule has 3 rings (SSSR count). The minimum atomic E-state index is -0.888. The Morgan fingerprint density at radius 2 is 1.61 bits per heavy atom. The smallest absolute Gasteiger partial charge is 0.329 e. The van der Waals surface area contributed by atoms with Crippen LogP contribution in [0.3, 0.4) is 0 Å².